The maximum absolute atomic E-state index is 8.87. The average molecular weight is 330 g/mol. The Kier molecular flexibility index (Phi) is 11.2. The minimum absolute atomic E-state index is 0.00508. The van der Waals surface area contributed by atoms with Gasteiger partial charge in [-0.1, -0.05) is 0 Å². The van der Waals surface area contributed by atoms with Gasteiger partial charge in [0.25, 0.3) is 0 Å². The maximum atomic E-state index is 8.87. The zero-order valence-corrected chi connectivity index (χ0v) is 13.3. The van der Waals surface area contributed by atoms with Crippen molar-refractivity contribution in [2.45, 2.75) is 6.42 Å². The van der Waals surface area contributed by atoms with E-state index in [9.17, 15) is 0 Å². The second-order valence-electron chi connectivity index (χ2n) is 4.61. The number of hydrogen-bond acceptors (Lipinski definition) is 7. The predicted molar refractivity (Wildman–Crippen MR) is 84.0 cm³/mol. The van der Waals surface area contributed by atoms with E-state index in [0.717, 1.165) is 5.56 Å². The van der Waals surface area contributed by atoms with E-state index in [-0.39, 0.29) is 26.4 Å². The molecule has 0 saturated carbocycles. The molecule has 0 amide bonds. The van der Waals surface area contributed by atoms with Crippen molar-refractivity contribution in [1.82, 2.24) is 0 Å². The van der Waals surface area contributed by atoms with Crippen molar-refractivity contribution in [3.8, 4) is 11.5 Å². The third-order valence-electron chi connectivity index (χ3n) is 2.86. The van der Waals surface area contributed by atoms with Crippen molar-refractivity contribution in [1.29, 1.82) is 0 Å². The highest BCUT2D eigenvalue weighted by Crippen LogP contribution is 2.25. The van der Waals surface area contributed by atoms with Crippen LogP contribution >= 0.6 is 0 Å². The van der Waals surface area contributed by atoms with E-state index in [4.69, 9.17) is 34.3 Å². The summed E-state index contributed by atoms with van der Waals surface area (Å²) in [7, 11) is 0. The Morgan fingerprint density at radius 1 is 0.696 bits per heavy atom. The van der Waals surface area contributed by atoms with Gasteiger partial charge in [0.1, 0.15) is 24.7 Å². The number of aliphatic hydroxyl groups is 3. The Morgan fingerprint density at radius 2 is 1.39 bits per heavy atom. The van der Waals surface area contributed by atoms with Gasteiger partial charge in [-0.25, -0.2) is 0 Å². The summed E-state index contributed by atoms with van der Waals surface area (Å²) in [5.74, 6) is 1.36. The Bertz CT molecular complexity index is 411. The van der Waals surface area contributed by atoms with Gasteiger partial charge >= 0.3 is 0 Å². The molecule has 7 nitrogen and oxygen atoms in total. The van der Waals surface area contributed by atoms with E-state index < -0.39 is 0 Å². The van der Waals surface area contributed by atoms with Crippen molar-refractivity contribution < 1.29 is 34.3 Å². The zero-order valence-electron chi connectivity index (χ0n) is 13.3. The molecule has 0 aromatic heterocycles. The minimum Gasteiger partial charge on any atom is -0.491 e. The van der Waals surface area contributed by atoms with Crippen LogP contribution < -0.4 is 9.47 Å². The molecule has 0 unspecified atom stereocenters. The molecule has 7 heteroatoms. The largest absolute Gasteiger partial charge is 0.491 e. The molecule has 0 bridgehead atoms. The van der Waals surface area contributed by atoms with Crippen molar-refractivity contribution in [2.24, 2.45) is 0 Å². The number of rotatable bonds is 14. The molecule has 23 heavy (non-hydrogen) atoms. The van der Waals surface area contributed by atoms with E-state index in [1.54, 1.807) is 12.1 Å². The fourth-order valence-electron chi connectivity index (χ4n) is 1.87. The summed E-state index contributed by atoms with van der Waals surface area (Å²) in [5, 5.41) is 26.2. The fraction of sp³-hybridized carbons (Fsp3) is 0.625. The highest BCUT2D eigenvalue weighted by molar-refractivity contribution is 5.40. The van der Waals surface area contributed by atoms with Crippen LogP contribution in [0.15, 0.2) is 18.2 Å². The van der Waals surface area contributed by atoms with E-state index in [2.05, 4.69) is 0 Å². The van der Waals surface area contributed by atoms with Gasteiger partial charge in [0.2, 0.25) is 0 Å². The molecule has 0 spiro atoms. The van der Waals surface area contributed by atoms with Crippen LogP contribution in [-0.2, 0) is 15.9 Å². The Labute approximate surface area is 136 Å². The number of aliphatic hydroxyl groups excluding tert-OH is 3. The molecule has 0 atom stereocenters. The van der Waals surface area contributed by atoms with Crippen LogP contribution in [0.1, 0.15) is 5.56 Å². The third kappa shape index (κ3) is 8.73. The van der Waals surface area contributed by atoms with Gasteiger partial charge in [-0.15, -0.1) is 0 Å². The quantitative estimate of drug-likeness (QED) is 0.413. The summed E-state index contributed by atoms with van der Waals surface area (Å²) >= 11 is 0. The van der Waals surface area contributed by atoms with Crippen molar-refractivity contribution in [3.63, 3.8) is 0 Å². The fourth-order valence-corrected chi connectivity index (χ4v) is 1.87. The molecule has 0 aliphatic heterocycles. The highest BCUT2D eigenvalue weighted by atomic mass is 16.5. The van der Waals surface area contributed by atoms with Crippen LogP contribution in [0.4, 0.5) is 0 Å². The van der Waals surface area contributed by atoms with Gasteiger partial charge in [0.15, 0.2) is 0 Å². The molecule has 3 N–H and O–H groups in total. The second-order valence-corrected chi connectivity index (χ2v) is 4.61. The van der Waals surface area contributed by atoms with Crippen molar-refractivity contribution in [3.05, 3.63) is 23.8 Å². The lowest BCUT2D eigenvalue weighted by atomic mass is 10.1. The molecule has 0 heterocycles. The van der Waals surface area contributed by atoms with Gasteiger partial charge in [-0.2, -0.15) is 0 Å². The lowest BCUT2D eigenvalue weighted by Crippen LogP contribution is -2.10. The molecule has 0 saturated heterocycles. The summed E-state index contributed by atoms with van der Waals surface area (Å²) in [4.78, 5) is 0. The molecule has 1 aromatic carbocycles. The lowest BCUT2D eigenvalue weighted by molar-refractivity contribution is 0.0704. The second kappa shape index (κ2) is 13.1. The van der Waals surface area contributed by atoms with Gasteiger partial charge in [0, 0.05) is 5.56 Å². The first kappa shape index (κ1) is 19.7. The highest BCUT2D eigenvalue weighted by Gasteiger charge is 2.07. The smallest absolute Gasteiger partial charge is 0.122 e. The molecular weight excluding hydrogens is 304 g/mol. The first-order chi connectivity index (χ1) is 11.3. The molecule has 1 rings (SSSR count). The molecule has 0 radical (unpaired) electrons. The molecule has 1 aromatic rings. The maximum Gasteiger partial charge on any atom is 0.122 e. The summed E-state index contributed by atoms with van der Waals surface area (Å²) in [6.45, 7) is 1.99. The van der Waals surface area contributed by atoms with Crippen LogP contribution in [0.25, 0.3) is 0 Å². The predicted octanol–water partition coefficient (Wildman–Crippen LogP) is -0.00320. The molecule has 0 aliphatic carbocycles. The molecule has 0 fully saturated rings. The van der Waals surface area contributed by atoms with Gasteiger partial charge in [-0.05, 0) is 24.6 Å². The van der Waals surface area contributed by atoms with Crippen LogP contribution in [0, 0.1) is 0 Å². The van der Waals surface area contributed by atoms with E-state index >= 15 is 0 Å². The van der Waals surface area contributed by atoms with Crippen molar-refractivity contribution >= 4 is 0 Å². The summed E-state index contributed by atoms with van der Waals surface area (Å²) in [6, 6.07) is 5.44. The Hall–Kier alpha value is -1.38. The van der Waals surface area contributed by atoms with Crippen molar-refractivity contribution in [2.75, 3.05) is 59.5 Å². The Balaban J connectivity index is 2.54. The SMILES string of the molecule is OCCOCCOc1ccc(OCCO)c(CCOCCO)c1. The standard InChI is InChI=1S/C16H26O7/c17-4-8-20-7-3-14-13-15(22-12-11-21-9-5-18)1-2-16(14)23-10-6-19/h1-2,13,17-19H,3-12H2. The first-order valence-electron chi connectivity index (χ1n) is 7.68. The Morgan fingerprint density at radius 3 is 2.09 bits per heavy atom. The van der Waals surface area contributed by atoms with Crippen LogP contribution in [-0.4, -0.2) is 74.8 Å². The van der Waals surface area contributed by atoms with E-state index in [1.165, 1.54) is 0 Å². The van der Waals surface area contributed by atoms with E-state index in [0.29, 0.717) is 51.0 Å². The topological polar surface area (TPSA) is 97.6 Å². The molecule has 132 valence electrons. The molecular formula is C16H26O7. The monoisotopic (exact) mass is 330 g/mol. The number of ether oxygens (including phenoxy) is 4. The van der Waals surface area contributed by atoms with Crippen LogP contribution in [0.3, 0.4) is 0 Å². The van der Waals surface area contributed by atoms with Gasteiger partial charge in [0.05, 0.1) is 46.2 Å². The summed E-state index contributed by atoms with van der Waals surface area (Å²) in [6.07, 6.45) is 0.610. The normalized spacial score (nSPS) is 10.7. The number of benzene rings is 1. The van der Waals surface area contributed by atoms with Crippen LogP contribution in [0.2, 0.25) is 0 Å². The van der Waals surface area contributed by atoms with Gasteiger partial charge < -0.3 is 34.3 Å². The minimum atomic E-state index is -0.0547. The van der Waals surface area contributed by atoms with E-state index in [1.807, 2.05) is 6.07 Å². The summed E-state index contributed by atoms with van der Waals surface area (Å²) in [5.41, 5.74) is 0.908. The average Bonchev–Trinajstić information content (AvgIpc) is 2.57. The zero-order chi connectivity index (χ0) is 16.8. The lowest BCUT2D eigenvalue weighted by Gasteiger charge is -2.13. The van der Waals surface area contributed by atoms with Gasteiger partial charge in [-0.3, -0.25) is 0 Å². The first-order valence-corrected chi connectivity index (χ1v) is 7.68. The summed E-state index contributed by atoms with van der Waals surface area (Å²) < 4.78 is 21.5. The number of hydrogen-bond donors (Lipinski definition) is 3. The van der Waals surface area contributed by atoms with Crippen LogP contribution in [0.5, 0.6) is 11.5 Å². The third-order valence-corrected chi connectivity index (χ3v) is 2.86. The molecule has 0 aliphatic rings.